The Morgan fingerprint density at radius 3 is 2.15 bits per heavy atom. The zero-order chi connectivity index (χ0) is 15.5. The lowest BCUT2D eigenvalue weighted by Crippen LogP contribution is -2.40. The van der Waals surface area contributed by atoms with E-state index in [1.54, 1.807) is 0 Å². The van der Waals surface area contributed by atoms with Crippen molar-refractivity contribution in [2.75, 3.05) is 11.9 Å². The molecule has 0 amide bonds. The van der Waals surface area contributed by atoms with Crippen LogP contribution in [0.3, 0.4) is 0 Å². The number of nitrogens with one attached hydrogen (secondary N) is 1. The third-order valence-electron chi connectivity index (χ3n) is 2.36. The van der Waals surface area contributed by atoms with Crippen LogP contribution in [0.15, 0.2) is 17.3 Å². The second-order valence-electron chi connectivity index (χ2n) is 3.74. The third kappa shape index (κ3) is 3.68. The van der Waals surface area contributed by atoms with Crippen LogP contribution in [0.5, 0.6) is 0 Å². The highest BCUT2D eigenvalue weighted by molar-refractivity contribution is 5.83. The standard InChI is InChI=1S/C10H9F6N3O/c11-4-1-6(12)8(7(13)2-4)18-3-5(9(17)19-20)10(14,15)16/h1-2,5,18,20H,3H2,(H2,17,19). The molecule has 4 nitrogen and oxygen atoms in total. The van der Waals surface area contributed by atoms with Crippen molar-refractivity contribution in [2.24, 2.45) is 16.8 Å². The van der Waals surface area contributed by atoms with Crippen LogP contribution in [0.1, 0.15) is 0 Å². The van der Waals surface area contributed by atoms with Crippen molar-refractivity contribution in [3.8, 4) is 0 Å². The molecule has 0 aliphatic carbocycles. The highest BCUT2D eigenvalue weighted by Gasteiger charge is 2.42. The van der Waals surface area contributed by atoms with Gasteiger partial charge in [-0.15, -0.1) is 0 Å². The molecule has 0 aliphatic heterocycles. The fourth-order valence-electron chi connectivity index (χ4n) is 1.37. The van der Waals surface area contributed by atoms with Gasteiger partial charge in [-0.1, -0.05) is 5.16 Å². The van der Waals surface area contributed by atoms with Crippen molar-refractivity contribution < 1.29 is 31.5 Å². The molecule has 112 valence electrons. The topological polar surface area (TPSA) is 70.6 Å². The summed E-state index contributed by atoms with van der Waals surface area (Å²) in [7, 11) is 0. The number of oxime groups is 1. The van der Waals surface area contributed by atoms with Crippen LogP contribution in [0, 0.1) is 23.4 Å². The van der Waals surface area contributed by atoms with Gasteiger partial charge in [-0.3, -0.25) is 0 Å². The van der Waals surface area contributed by atoms with Gasteiger partial charge in [0.1, 0.15) is 17.4 Å². The molecule has 1 aromatic rings. The molecule has 4 N–H and O–H groups in total. The average molecular weight is 301 g/mol. The van der Waals surface area contributed by atoms with Gasteiger partial charge in [0.05, 0.1) is 0 Å². The lowest BCUT2D eigenvalue weighted by atomic mass is 10.1. The van der Waals surface area contributed by atoms with E-state index >= 15 is 0 Å². The second kappa shape index (κ2) is 5.88. The first-order chi connectivity index (χ1) is 9.16. The number of benzene rings is 1. The molecule has 0 radical (unpaired) electrons. The average Bonchev–Trinajstić information content (AvgIpc) is 2.30. The highest BCUT2D eigenvalue weighted by atomic mass is 19.4. The second-order valence-corrected chi connectivity index (χ2v) is 3.74. The first-order valence-electron chi connectivity index (χ1n) is 5.09. The third-order valence-corrected chi connectivity index (χ3v) is 2.36. The fourth-order valence-corrected chi connectivity index (χ4v) is 1.37. The summed E-state index contributed by atoms with van der Waals surface area (Å²) in [5, 5.41) is 12.3. The Hall–Kier alpha value is -2.13. The van der Waals surface area contributed by atoms with Gasteiger partial charge < -0.3 is 16.3 Å². The van der Waals surface area contributed by atoms with E-state index in [1.165, 1.54) is 0 Å². The van der Waals surface area contributed by atoms with Crippen molar-refractivity contribution in [3.63, 3.8) is 0 Å². The van der Waals surface area contributed by atoms with Gasteiger partial charge in [0.25, 0.3) is 0 Å². The Kier molecular flexibility index (Phi) is 4.69. The van der Waals surface area contributed by atoms with Crippen molar-refractivity contribution in [1.82, 2.24) is 0 Å². The number of hydrogen-bond donors (Lipinski definition) is 3. The fraction of sp³-hybridized carbons (Fsp3) is 0.300. The van der Waals surface area contributed by atoms with E-state index in [0.29, 0.717) is 12.1 Å². The Morgan fingerprint density at radius 2 is 1.75 bits per heavy atom. The summed E-state index contributed by atoms with van der Waals surface area (Å²) in [5.74, 6) is -7.65. The Labute approximate surface area is 108 Å². The van der Waals surface area contributed by atoms with Crippen molar-refractivity contribution in [1.29, 1.82) is 0 Å². The van der Waals surface area contributed by atoms with Gasteiger partial charge in [-0.05, 0) is 0 Å². The smallest absolute Gasteiger partial charge is 0.400 e. The van der Waals surface area contributed by atoms with Gasteiger partial charge in [-0.2, -0.15) is 13.2 Å². The minimum Gasteiger partial charge on any atom is -0.409 e. The van der Waals surface area contributed by atoms with E-state index < -0.39 is 47.6 Å². The number of rotatable bonds is 4. The van der Waals surface area contributed by atoms with Crippen LogP contribution in [0.2, 0.25) is 0 Å². The molecule has 10 heteroatoms. The first-order valence-corrected chi connectivity index (χ1v) is 5.09. The van der Waals surface area contributed by atoms with Gasteiger partial charge in [-0.25, -0.2) is 13.2 Å². The summed E-state index contributed by atoms with van der Waals surface area (Å²) in [5.41, 5.74) is 3.92. The minimum atomic E-state index is -4.89. The molecule has 0 fully saturated rings. The molecule has 0 aromatic heterocycles. The maximum absolute atomic E-state index is 13.2. The molecule has 0 spiro atoms. The normalized spacial score (nSPS) is 14.2. The molecule has 0 saturated carbocycles. The molecule has 0 saturated heterocycles. The number of nitrogens with zero attached hydrogens (tertiary/aromatic N) is 1. The first kappa shape index (κ1) is 15.9. The van der Waals surface area contributed by atoms with Crippen LogP contribution in [-0.4, -0.2) is 23.8 Å². The number of amidine groups is 1. The predicted molar refractivity (Wildman–Crippen MR) is 57.8 cm³/mol. The summed E-state index contributed by atoms with van der Waals surface area (Å²) in [4.78, 5) is 0. The summed E-state index contributed by atoms with van der Waals surface area (Å²) in [6.07, 6.45) is -4.89. The van der Waals surface area contributed by atoms with E-state index in [-0.39, 0.29) is 0 Å². The van der Waals surface area contributed by atoms with E-state index in [9.17, 15) is 26.3 Å². The molecular weight excluding hydrogens is 292 g/mol. The molecular formula is C10H9F6N3O. The Balaban J connectivity index is 2.95. The molecule has 0 heterocycles. The maximum Gasteiger partial charge on any atom is 0.400 e. The molecule has 1 unspecified atom stereocenters. The Bertz CT molecular complexity index is 493. The summed E-state index contributed by atoms with van der Waals surface area (Å²) < 4.78 is 76.7. The van der Waals surface area contributed by atoms with E-state index in [4.69, 9.17) is 10.9 Å². The van der Waals surface area contributed by atoms with Crippen LogP contribution < -0.4 is 11.1 Å². The van der Waals surface area contributed by atoms with E-state index in [1.807, 2.05) is 5.32 Å². The maximum atomic E-state index is 13.2. The van der Waals surface area contributed by atoms with Gasteiger partial charge in [0.2, 0.25) is 0 Å². The lowest BCUT2D eigenvalue weighted by molar-refractivity contribution is -0.152. The summed E-state index contributed by atoms with van der Waals surface area (Å²) in [6, 6.07) is 0.606. The molecule has 0 bridgehead atoms. The van der Waals surface area contributed by atoms with E-state index in [2.05, 4.69) is 5.16 Å². The van der Waals surface area contributed by atoms with Crippen LogP contribution >= 0.6 is 0 Å². The summed E-state index contributed by atoms with van der Waals surface area (Å²) in [6.45, 7) is -1.08. The van der Waals surface area contributed by atoms with Crippen molar-refractivity contribution in [3.05, 3.63) is 29.6 Å². The largest absolute Gasteiger partial charge is 0.409 e. The van der Waals surface area contributed by atoms with Crippen LogP contribution in [-0.2, 0) is 0 Å². The lowest BCUT2D eigenvalue weighted by Gasteiger charge is -2.20. The molecule has 0 aliphatic rings. The van der Waals surface area contributed by atoms with Gasteiger partial charge in [0.15, 0.2) is 17.5 Å². The molecule has 20 heavy (non-hydrogen) atoms. The zero-order valence-electron chi connectivity index (χ0n) is 9.68. The van der Waals surface area contributed by atoms with E-state index in [0.717, 1.165) is 0 Å². The van der Waals surface area contributed by atoms with Crippen LogP contribution in [0.4, 0.5) is 32.0 Å². The quantitative estimate of drug-likeness (QED) is 0.263. The molecule has 1 aromatic carbocycles. The minimum absolute atomic E-state index is 0.303. The highest BCUT2D eigenvalue weighted by Crippen LogP contribution is 2.28. The van der Waals surface area contributed by atoms with Crippen LogP contribution in [0.25, 0.3) is 0 Å². The number of nitrogens with two attached hydrogens (primary N) is 1. The Morgan fingerprint density at radius 1 is 1.25 bits per heavy atom. The monoisotopic (exact) mass is 301 g/mol. The van der Waals surface area contributed by atoms with Gasteiger partial charge >= 0.3 is 6.18 Å². The van der Waals surface area contributed by atoms with Crippen molar-refractivity contribution >= 4 is 11.5 Å². The molecule has 1 atom stereocenters. The SMILES string of the molecule is NC(=NO)C(CNc1c(F)cc(F)cc1F)C(F)(F)F. The van der Waals surface area contributed by atoms with Crippen molar-refractivity contribution in [2.45, 2.75) is 6.18 Å². The summed E-state index contributed by atoms with van der Waals surface area (Å²) >= 11 is 0. The number of hydrogen-bond acceptors (Lipinski definition) is 3. The zero-order valence-corrected chi connectivity index (χ0v) is 9.68. The number of halogens is 6. The number of anilines is 1. The molecule has 1 rings (SSSR count). The number of alkyl halides is 3. The van der Waals surface area contributed by atoms with Gasteiger partial charge in [0, 0.05) is 18.7 Å². The predicted octanol–water partition coefficient (Wildman–Crippen LogP) is 2.44.